The van der Waals surface area contributed by atoms with Crippen LogP contribution in [0.25, 0.3) is 10.9 Å². The molecule has 2 aromatic carbocycles. The number of hydrogen-bond donors (Lipinski definition) is 2. The molecule has 152 valence electrons. The van der Waals surface area contributed by atoms with Gasteiger partial charge in [-0.15, -0.1) is 0 Å². The number of hydrogen-bond acceptors (Lipinski definition) is 3. The van der Waals surface area contributed by atoms with E-state index in [1.807, 2.05) is 20.8 Å². The molecule has 3 aromatic rings. The minimum atomic E-state index is -0.954. The molecular weight excluding hydrogens is 390 g/mol. The number of phenolic OH excluding ortho intramolecular Hbond substituents is 1. The first-order valence-electron chi connectivity index (χ1n) is 9.36. The second-order valence-electron chi connectivity index (χ2n) is 8.50. The van der Waals surface area contributed by atoms with Gasteiger partial charge in [-0.2, -0.15) is 0 Å². The van der Waals surface area contributed by atoms with Crippen LogP contribution in [0.4, 0.5) is 0 Å². The van der Waals surface area contributed by atoms with Crippen molar-refractivity contribution in [1.29, 1.82) is 0 Å². The Morgan fingerprint density at radius 1 is 1.10 bits per heavy atom. The van der Waals surface area contributed by atoms with Crippen molar-refractivity contribution in [3.8, 4) is 5.75 Å². The van der Waals surface area contributed by atoms with Crippen molar-refractivity contribution in [2.45, 2.75) is 40.0 Å². The van der Waals surface area contributed by atoms with Crippen LogP contribution in [0, 0.1) is 12.3 Å². The molecule has 3 rings (SSSR count). The number of carbonyl (C=O) groups is 2. The lowest BCUT2D eigenvalue weighted by Gasteiger charge is -2.24. The maximum Gasteiger partial charge on any atom is 0.311 e. The van der Waals surface area contributed by atoms with Crippen LogP contribution in [0.3, 0.4) is 0 Å². The third-order valence-electron chi connectivity index (χ3n) is 4.99. The molecule has 1 heterocycles. The number of rotatable bonds is 4. The number of carboxylic acids is 1. The summed E-state index contributed by atoms with van der Waals surface area (Å²) < 4.78 is 1.52. The number of aromatic nitrogens is 1. The van der Waals surface area contributed by atoms with Crippen LogP contribution < -0.4 is 0 Å². The summed E-state index contributed by atoms with van der Waals surface area (Å²) in [5, 5.41) is 21.1. The molecule has 0 aliphatic carbocycles. The molecule has 5 nitrogen and oxygen atoms in total. The normalized spacial score (nSPS) is 12.9. The van der Waals surface area contributed by atoms with Gasteiger partial charge in [0.2, 0.25) is 0 Å². The molecule has 0 spiro atoms. The Morgan fingerprint density at radius 2 is 1.72 bits per heavy atom. The van der Waals surface area contributed by atoms with Crippen molar-refractivity contribution < 1.29 is 19.8 Å². The van der Waals surface area contributed by atoms with Crippen LogP contribution in [-0.4, -0.2) is 26.7 Å². The monoisotopic (exact) mass is 413 g/mol. The van der Waals surface area contributed by atoms with E-state index in [1.54, 1.807) is 37.3 Å². The van der Waals surface area contributed by atoms with E-state index in [0.717, 1.165) is 0 Å². The fraction of sp³-hybridized carbons (Fsp3) is 0.304. The molecule has 0 saturated heterocycles. The largest absolute Gasteiger partial charge is 0.508 e. The van der Waals surface area contributed by atoms with E-state index in [4.69, 9.17) is 11.6 Å². The molecule has 1 atom stereocenters. The van der Waals surface area contributed by atoms with Gasteiger partial charge in [-0.1, -0.05) is 32.4 Å². The number of fused-ring (bicyclic) bond motifs is 1. The maximum atomic E-state index is 13.3. The molecule has 0 aliphatic heterocycles. The van der Waals surface area contributed by atoms with E-state index in [1.165, 1.54) is 16.7 Å². The van der Waals surface area contributed by atoms with Crippen LogP contribution in [0.1, 0.15) is 54.7 Å². The average molecular weight is 414 g/mol. The summed E-state index contributed by atoms with van der Waals surface area (Å²) in [5.41, 5.74) is 1.89. The molecule has 0 aliphatic rings. The highest BCUT2D eigenvalue weighted by Crippen LogP contribution is 2.39. The molecule has 0 saturated carbocycles. The van der Waals surface area contributed by atoms with Gasteiger partial charge in [-0.25, -0.2) is 0 Å². The van der Waals surface area contributed by atoms with Crippen molar-refractivity contribution in [3.05, 3.63) is 64.3 Å². The first kappa shape index (κ1) is 20.9. The number of nitrogens with zero attached hydrogens (tertiary/aromatic N) is 1. The summed E-state index contributed by atoms with van der Waals surface area (Å²) >= 11 is 5.94. The smallest absolute Gasteiger partial charge is 0.311 e. The topological polar surface area (TPSA) is 79.5 Å². The van der Waals surface area contributed by atoms with Gasteiger partial charge in [0.05, 0.1) is 11.4 Å². The van der Waals surface area contributed by atoms with Gasteiger partial charge in [0, 0.05) is 21.7 Å². The molecule has 0 bridgehead atoms. The summed E-state index contributed by atoms with van der Waals surface area (Å²) in [4.78, 5) is 25.5. The summed E-state index contributed by atoms with van der Waals surface area (Å²) in [5.74, 6) is -2.02. The molecule has 1 unspecified atom stereocenters. The van der Waals surface area contributed by atoms with E-state index < -0.39 is 11.9 Å². The molecule has 6 heteroatoms. The zero-order valence-corrected chi connectivity index (χ0v) is 17.6. The van der Waals surface area contributed by atoms with E-state index in [2.05, 4.69) is 0 Å². The zero-order valence-electron chi connectivity index (χ0n) is 16.9. The van der Waals surface area contributed by atoms with Gasteiger partial charge >= 0.3 is 5.97 Å². The highest BCUT2D eigenvalue weighted by molar-refractivity contribution is 6.30. The average Bonchev–Trinajstić information content (AvgIpc) is 2.90. The van der Waals surface area contributed by atoms with Crippen LogP contribution in [0.15, 0.2) is 42.5 Å². The minimum Gasteiger partial charge on any atom is -0.508 e. The SMILES string of the molecule is Cc1c(C(CC(C)(C)C)C(=O)O)c2cc(O)ccc2n1C(=O)c1ccc(Cl)cc1. The van der Waals surface area contributed by atoms with Gasteiger partial charge in [-0.05, 0) is 66.8 Å². The van der Waals surface area contributed by atoms with E-state index >= 15 is 0 Å². The first-order valence-corrected chi connectivity index (χ1v) is 9.74. The quantitative estimate of drug-likeness (QED) is 0.583. The Kier molecular flexibility index (Phi) is 5.46. The van der Waals surface area contributed by atoms with Crippen LogP contribution in [0.5, 0.6) is 5.75 Å². The third kappa shape index (κ3) is 4.15. The van der Waals surface area contributed by atoms with Gasteiger partial charge < -0.3 is 10.2 Å². The second-order valence-corrected chi connectivity index (χ2v) is 8.94. The second kappa shape index (κ2) is 7.56. The summed E-state index contributed by atoms with van der Waals surface area (Å²) in [6.45, 7) is 7.69. The Balaban J connectivity index is 2.27. The standard InChI is InChI=1S/C23H24ClNO4/c1-13-20(18(22(28)29)12-23(2,3)4)17-11-16(26)9-10-19(17)25(13)21(27)14-5-7-15(24)8-6-14/h5-11,18,26H,12H2,1-4H3,(H,28,29). The third-order valence-corrected chi connectivity index (χ3v) is 5.25. The molecular formula is C23H24ClNO4. The Morgan fingerprint density at radius 3 is 2.28 bits per heavy atom. The molecule has 2 N–H and O–H groups in total. The maximum absolute atomic E-state index is 13.3. The number of halogens is 1. The van der Waals surface area contributed by atoms with Gasteiger partial charge in [0.25, 0.3) is 5.91 Å². The lowest BCUT2D eigenvalue weighted by molar-refractivity contribution is -0.139. The highest BCUT2D eigenvalue weighted by atomic mass is 35.5. The summed E-state index contributed by atoms with van der Waals surface area (Å²) in [6.07, 6.45) is 0.396. The predicted molar refractivity (Wildman–Crippen MR) is 114 cm³/mol. The van der Waals surface area contributed by atoms with Gasteiger partial charge in [-0.3, -0.25) is 14.2 Å². The lowest BCUT2D eigenvalue weighted by atomic mass is 9.80. The molecule has 0 radical (unpaired) electrons. The van der Waals surface area contributed by atoms with Crippen molar-refractivity contribution in [2.24, 2.45) is 5.41 Å². The van der Waals surface area contributed by atoms with Crippen LogP contribution in [-0.2, 0) is 4.79 Å². The zero-order chi connectivity index (χ0) is 21.5. The molecule has 0 amide bonds. The number of carboxylic acid groups (broad SMARTS) is 1. The lowest BCUT2D eigenvalue weighted by Crippen LogP contribution is -2.20. The van der Waals surface area contributed by atoms with Gasteiger partial charge in [0.1, 0.15) is 5.75 Å². The Bertz CT molecular complexity index is 1090. The molecule has 0 fully saturated rings. The van der Waals surface area contributed by atoms with E-state index in [-0.39, 0.29) is 17.1 Å². The number of aliphatic carboxylic acids is 1. The number of phenols is 1. The number of aromatic hydroxyl groups is 1. The number of carbonyl (C=O) groups excluding carboxylic acids is 1. The molecule has 29 heavy (non-hydrogen) atoms. The van der Waals surface area contributed by atoms with Crippen molar-refractivity contribution in [3.63, 3.8) is 0 Å². The predicted octanol–water partition coefficient (Wildman–Crippen LogP) is 5.60. The fourth-order valence-electron chi connectivity index (χ4n) is 3.78. The Labute approximate surface area is 174 Å². The van der Waals surface area contributed by atoms with E-state index in [0.29, 0.717) is 39.2 Å². The van der Waals surface area contributed by atoms with E-state index in [9.17, 15) is 19.8 Å². The minimum absolute atomic E-state index is 0.0229. The Hall–Kier alpha value is -2.79. The fourth-order valence-corrected chi connectivity index (χ4v) is 3.91. The highest BCUT2D eigenvalue weighted by Gasteiger charge is 2.32. The summed E-state index contributed by atoms with van der Waals surface area (Å²) in [7, 11) is 0. The van der Waals surface area contributed by atoms with Crippen molar-refractivity contribution in [1.82, 2.24) is 4.57 Å². The van der Waals surface area contributed by atoms with Crippen LogP contribution >= 0.6 is 11.6 Å². The molecule has 1 aromatic heterocycles. The van der Waals surface area contributed by atoms with Crippen LogP contribution in [0.2, 0.25) is 5.02 Å². The summed E-state index contributed by atoms with van der Waals surface area (Å²) in [6, 6.07) is 11.2. The van der Waals surface area contributed by atoms with Crippen molar-refractivity contribution in [2.75, 3.05) is 0 Å². The van der Waals surface area contributed by atoms with Crippen molar-refractivity contribution >= 4 is 34.4 Å². The number of benzene rings is 2. The first-order chi connectivity index (χ1) is 13.5. The van der Waals surface area contributed by atoms with Gasteiger partial charge in [0.15, 0.2) is 0 Å².